The van der Waals surface area contributed by atoms with Crippen LogP contribution in [0.25, 0.3) is 0 Å². The first kappa shape index (κ1) is 9.98. The van der Waals surface area contributed by atoms with Crippen molar-refractivity contribution >= 4 is 6.01 Å². The second-order valence-corrected chi connectivity index (χ2v) is 2.81. The van der Waals surface area contributed by atoms with Crippen molar-refractivity contribution in [2.75, 3.05) is 18.9 Å². The van der Waals surface area contributed by atoms with Gasteiger partial charge in [0.25, 0.3) is 0 Å². The van der Waals surface area contributed by atoms with Crippen molar-refractivity contribution < 1.29 is 4.42 Å². The first-order valence-electron chi connectivity index (χ1n) is 4.57. The Morgan fingerprint density at radius 3 is 2.92 bits per heavy atom. The molecule has 0 bridgehead atoms. The summed E-state index contributed by atoms with van der Waals surface area (Å²) in [5, 5.41) is 13.7. The topological polar surface area (TPSA) is 63.0 Å². The van der Waals surface area contributed by atoms with Crippen molar-refractivity contribution in [2.24, 2.45) is 0 Å². The largest absolute Gasteiger partial charge is 0.407 e. The Morgan fingerprint density at radius 1 is 1.38 bits per heavy atom. The monoisotopic (exact) mass is 184 g/mol. The zero-order valence-electron chi connectivity index (χ0n) is 8.13. The van der Waals surface area contributed by atoms with Crippen LogP contribution in [0.2, 0.25) is 0 Å². The van der Waals surface area contributed by atoms with Crippen molar-refractivity contribution in [2.45, 2.75) is 26.3 Å². The van der Waals surface area contributed by atoms with Crippen LogP contribution in [0.15, 0.2) is 4.42 Å². The molecule has 0 aromatic carbocycles. The van der Waals surface area contributed by atoms with Crippen molar-refractivity contribution in [3.05, 3.63) is 5.89 Å². The summed E-state index contributed by atoms with van der Waals surface area (Å²) in [6, 6.07) is 0.513. The van der Waals surface area contributed by atoms with Gasteiger partial charge in [-0.15, -0.1) is 5.10 Å². The van der Waals surface area contributed by atoms with E-state index < -0.39 is 0 Å². The van der Waals surface area contributed by atoms with Crippen LogP contribution < -0.4 is 10.6 Å². The third kappa shape index (κ3) is 3.42. The Balaban J connectivity index is 2.31. The molecule has 5 heteroatoms. The van der Waals surface area contributed by atoms with Crippen LogP contribution >= 0.6 is 0 Å². The second kappa shape index (κ2) is 5.53. The fraction of sp³-hybridized carbons (Fsp3) is 0.750. The average Bonchev–Trinajstić information content (AvgIpc) is 2.54. The van der Waals surface area contributed by atoms with E-state index in [1.807, 2.05) is 7.05 Å². The van der Waals surface area contributed by atoms with Gasteiger partial charge >= 0.3 is 6.01 Å². The van der Waals surface area contributed by atoms with E-state index in [-0.39, 0.29) is 0 Å². The molecule has 0 amide bonds. The van der Waals surface area contributed by atoms with E-state index in [9.17, 15) is 0 Å². The fourth-order valence-electron chi connectivity index (χ4n) is 0.920. The van der Waals surface area contributed by atoms with Crippen molar-refractivity contribution in [3.63, 3.8) is 0 Å². The molecule has 0 aliphatic carbocycles. The highest BCUT2D eigenvalue weighted by Crippen LogP contribution is 2.04. The summed E-state index contributed by atoms with van der Waals surface area (Å²) in [6.07, 6.45) is 2.27. The lowest BCUT2D eigenvalue weighted by molar-refractivity contribution is 0.489. The summed E-state index contributed by atoms with van der Waals surface area (Å²) in [5.41, 5.74) is 0. The lowest BCUT2D eigenvalue weighted by Crippen LogP contribution is -2.04. The zero-order valence-corrected chi connectivity index (χ0v) is 8.13. The predicted molar refractivity (Wildman–Crippen MR) is 50.5 cm³/mol. The average molecular weight is 184 g/mol. The maximum absolute atomic E-state index is 5.27. The van der Waals surface area contributed by atoms with Crippen molar-refractivity contribution in [1.82, 2.24) is 15.5 Å². The maximum atomic E-state index is 5.27. The van der Waals surface area contributed by atoms with E-state index in [4.69, 9.17) is 4.42 Å². The summed E-state index contributed by atoms with van der Waals surface area (Å²) in [7, 11) is 1.84. The fourth-order valence-corrected chi connectivity index (χ4v) is 0.920. The van der Waals surface area contributed by atoms with Crippen LogP contribution in [-0.4, -0.2) is 23.8 Å². The van der Waals surface area contributed by atoms with E-state index in [1.165, 1.54) is 0 Å². The minimum absolute atomic E-state index is 0.513. The Morgan fingerprint density at radius 2 is 2.23 bits per heavy atom. The van der Waals surface area contributed by atoms with Gasteiger partial charge in [0, 0.05) is 6.54 Å². The summed E-state index contributed by atoms with van der Waals surface area (Å²) < 4.78 is 5.27. The van der Waals surface area contributed by atoms with Crippen LogP contribution in [0.1, 0.15) is 25.7 Å². The Labute approximate surface area is 77.9 Å². The third-order valence-corrected chi connectivity index (χ3v) is 1.60. The number of unbranched alkanes of at least 4 members (excludes halogenated alkanes) is 1. The van der Waals surface area contributed by atoms with Crippen molar-refractivity contribution in [3.8, 4) is 0 Å². The van der Waals surface area contributed by atoms with Crippen molar-refractivity contribution in [1.29, 1.82) is 0 Å². The quantitative estimate of drug-likeness (QED) is 0.646. The number of nitrogens with zero attached hydrogens (tertiary/aromatic N) is 2. The summed E-state index contributed by atoms with van der Waals surface area (Å²) >= 11 is 0. The Bertz CT molecular complexity index is 236. The van der Waals surface area contributed by atoms with Gasteiger partial charge in [-0.25, -0.2) is 0 Å². The SMILES string of the molecule is CCCCNc1nnc(CNC)o1. The number of rotatable bonds is 6. The maximum Gasteiger partial charge on any atom is 0.315 e. The van der Waals surface area contributed by atoms with Gasteiger partial charge in [0.2, 0.25) is 5.89 Å². The number of nitrogens with one attached hydrogen (secondary N) is 2. The lowest BCUT2D eigenvalue weighted by atomic mass is 10.3. The molecule has 13 heavy (non-hydrogen) atoms. The van der Waals surface area contributed by atoms with Crippen LogP contribution in [0, 0.1) is 0 Å². The van der Waals surface area contributed by atoms with Gasteiger partial charge in [0.05, 0.1) is 6.54 Å². The predicted octanol–water partition coefficient (Wildman–Crippen LogP) is 1.00. The molecule has 0 atom stereocenters. The first-order chi connectivity index (χ1) is 6.36. The van der Waals surface area contributed by atoms with Gasteiger partial charge in [0.1, 0.15) is 0 Å². The van der Waals surface area contributed by atoms with E-state index >= 15 is 0 Å². The van der Waals surface area contributed by atoms with E-state index in [0.29, 0.717) is 18.5 Å². The number of anilines is 1. The molecule has 0 saturated carbocycles. The lowest BCUT2D eigenvalue weighted by Gasteiger charge is -1.97. The van der Waals surface area contributed by atoms with Gasteiger partial charge in [-0.1, -0.05) is 18.4 Å². The van der Waals surface area contributed by atoms with Crippen LogP contribution in [-0.2, 0) is 6.54 Å². The molecule has 1 aromatic rings. The molecule has 0 radical (unpaired) electrons. The minimum Gasteiger partial charge on any atom is -0.407 e. The van der Waals surface area contributed by atoms with Crippen LogP contribution in [0.5, 0.6) is 0 Å². The van der Waals surface area contributed by atoms with Gasteiger partial charge < -0.3 is 15.1 Å². The van der Waals surface area contributed by atoms with Gasteiger partial charge in [-0.3, -0.25) is 0 Å². The molecule has 0 fully saturated rings. The standard InChI is InChI=1S/C8H16N4O/c1-3-4-5-10-8-12-11-7(13-8)6-9-2/h9H,3-6H2,1-2H3,(H,10,12). The van der Waals surface area contributed by atoms with E-state index in [0.717, 1.165) is 19.4 Å². The van der Waals surface area contributed by atoms with Crippen LogP contribution in [0.3, 0.4) is 0 Å². The first-order valence-corrected chi connectivity index (χ1v) is 4.57. The normalized spacial score (nSPS) is 10.3. The molecule has 1 rings (SSSR count). The molecule has 0 aliphatic heterocycles. The molecule has 5 nitrogen and oxygen atoms in total. The molecule has 0 aliphatic rings. The van der Waals surface area contributed by atoms with Gasteiger partial charge in [0.15, 0.2) is 0 Å². The molecule has 0 saturated heterocycles. The zero-order chi connectivity index (χ0) is 9.52. The Hall–Kier alpha value is -1.10. The summed E-state index contributed by atoms with van der Waals surface area (Å²) in [4.78, 5) is 0. The van der Waals surface area contributed by atoms with Gasteiger partial charge in [-0.2, -0.15) is 0 Å². The molecule has 74 valence electrons. The number of hydrogen-bond donors (Lipinski definition) is 2. The molecular formula is C8H16N4O. The second-order valence-electron chi connectivity index (χ2n) is 2.81. The molecule has 0 spiro atoms. The summed E-state index contributed by atoms with van der Waals surface area (Å²) in [6.45, 7) is 3.64. The van der Waals surface area contributed by atoms with Gasteiger partial charge in [-0.05, 0) is 13.5 Å². The molecule has 1 aromatic heterocycles. The molecular weight excluding hydrogens is 168 g/mol. The van der Waals surface area contributed by atoms with Crippen LogP contribution in [0.4, 0.5) is 6.01 Å². The summed E-state index contributed by atoms with van der Waals surface area (Å²) in [5.74, 6) is 0.612. The minimum atomic E-state index is 0.513. The molecule has 0 unspecified atom stereocenters. The Kier molecular flexibility index (Phi) is 4.25. The third-order valence-electron chi connectivity index (χ3n) is 1.60. The highest BCUT2D eigenvalue weighted by molar-refractivity contribution is 5.16. The van der Waals surface area contributed by atoms with E-state index in [1.54, 1.807) is 0 Å². The highest BCUT2D eigenvalue weighted by Gasteiger charge is 2.02. The number of aromatic nitrogens is 2. The molecule has 2 N–H and O–H groups in total. The smallest absolute Gasteiger partial charge is 0.315 e. The number of hydrogen-bond acceptors (Lipinski definition) is 5. The molecule has 1 heterocycles. The van der Waals surface area contributed by atoms with E-state index in [2.05, 4.69) is 27.8 Å². The highest BCUT2D eigenvalue weighted by atomic mass is 16.4.